The van der Waals surface area contributed by atoms with Crippen molar-refractivity contribution in [1.82, 2.24) is 9.38 Å². The lowest BCUT2D eigenvalue weighted by molar-refractivity contribution is -0.115. The summed E-state index contributed by atoms with van der Waals surface area (Å²) >= 11 is 1.51. The summed E-state index contributed by atoms with van der Waals surface area (Å²) < 4.78 is 1.40. The lowest BCUT2D eigenvalue weighted by atomic mass is 10.3. The Hall–Kier alpha value is -2.47. The van der Waals surface area contributed by atoms with Crippen LogP contribution in [0.5, 0.6) is 0 Å². The average molecular weight is 285 g/mol. The van der Waals surface area contributed by atoms with Crippen molar-refractivity contribution in [3.8, 4) is 0 Å². The lowest BCUT2D eigenvalue weighted by Crippen LogP contribution is -2.23. The number of amides is 1. The van der Waals surface area contributed by atoms with E-state index in [9.17, 15) is 9.59 Å². The van der Waals surface area contributed by atoms with Crippen LogP contribution >= 0.6 is 11.3 Å². The summed E-state index contributed by atoms with van der Waals surface area (Å²) in [6.45, 7) is 0. The smallest absolute Gasteiger partial charge is 0.281 e. The number of anilines is 1. The average Bonchev–Trinajstić information content (AvgIpc) is 2.95. The molecule has 0 bridgehead atoms. The fraction of sp³-hybridized carbons (Fsp3) is 0.0714. The fourth-order valence-corrected chi connectivity index (χ4v) is 2.58. The predicted octanol–water partition coefficient (Wildman–Crippen LogP) is 1.94. The van der Waals surface area contributed by atoms with Crippen LogP contribution in [0.15, 0.2) is 52.9 Å². The molecule has 1 N–H and O–H groups in total. The molecule has 0 aromatic carbocycles. The number of nitrogens with one attached hydrogen (secondary N) is 1. The van der Waals surface area contributed by atoms with Gasteiger partial charge in [0, 0.05) is 11.1 Å². The molecule has 0 aliphatic rings. The van der Waals surface area contributed by atoms with Gasteiger partial charge in [-0.1, -0.05) is 12.1 Å². The van der Waals surface area contributed by atoms with Crippen molar-refractivity contribution in [3.05, 3.63) is 63.3 Å². The number of carbonyl (C=O) groups is 1. The third-order valence-corrected chi connectivity index (χ3v) is 3.68. The van der Waals surface area contributed by atoms with E-state index in [1.54, 1.807) is 24.4 Å². The number of thiophene rings is 1. The largest absolute Gasteiger partial charge is 0.320 e. The van der Waals surface area contributed by atoms with Crippen molar-refractivity contribution in [3.63, 3.8) is 0 Å². The molecule has 3 aromatic rings. The SMILES string of the molecule is O=C(Cc1cccs1)Nc1cnc2ccccn2c1=O. The first-order chi connectivity index (χ1) is 9.74. The lowest BCUT2D eigenvalue weighted by Gasteiger charge is -2.05. The van der Waals surface area contributed by atoms with Crippen molar-refractivity contribution in [1.29, 1.82) is 0 Å². The molecule has 0 fully saturated rings. The van der Waals surface area contributed by atoms with Gasteiger partial charge in [-0.15, -0.1) is 11.3 Å². The predicted molar refractivity (Wildman–Crippen MR) is 78.1 cm³/mol. The monoisotopic (exact) mass is 285 g/mol. The van der Waals surface area contributed by atoms with E-state index >= 15 is 0 Å². The molecule has 100 valence electrons. The maximum Gasteiger partial charge on any atom is 0.281 e. The molecule has 0 aliphatic heterocycles. The first-order valence-corrected chi connectivity index (χ1v) is 6.90. The highest BCUT2D eigenvalue weighted by Crippen LogP contribution is 2.10. The molecule has 20 heavy (non-hydrogen) atoms. The Balaban J connectivity index is 1.86. The summed E-state index contributed by atoms with van der Waals surface area (Å²) in [5, 5.41) is 4.52. The van der Waals surface area contributed by atoms with Crippen molar-refractivity contribution >= 4 is 28.6 Å². The number of carbonyl (C=O) groups excluding carboxylic acids is 1. The Morgan fingerprint density at radius 2 is 2.20 bits per heavy atom. The summed E-state index contributed by atoms with van der Waals surface area (Å²) in [6, 6.07) is 9.05. The maximum atomic E-state index is 12.2. The van der Waals surface area contributed by atoms with Gasteiger partial charge in [-0.05, 0) is 23.6 Å². The first kappa shape index (κ1) is 12.6. The van der Waals surface area contributed by atoms with E-state index in [0.717, 1.165) is 4.88 Å². The van der Waals surface area contributed by atoms with Crippen molar-refractivity contribution in [2.45, 2.75) is 6.42 Å². The summed E-state index contributed by atoms with van der Waals surface area (Å²) in [7, 11) is 0. The zero-order valence-electron chi connectivity index (χ0n) is 10.4. The maximum absolute atomic E-state index is 12.2. The summed E-state index contributed by atoms with van der Waals surface area (Å²) in [5.74, 6) is -0.220. The number of aromatic nitrogens is 2. The minimum atomic E-state index is -0.282. The third kappa shape index (κ3) is 2.46. The van der Waals surface area contributed by atoms with Gasteiger partial charge in [0.2, 0.25) is 5.91 Å². The van der Waals surface area contributed by atoms with Gasteiger partial charge in [-0.25, -0.2) is 4.98 Å². The molecule has 3 heterocycles. The number of nitrogens with zero attached hydrogens (tertiary/aromatic N) is 2. The van der Waals surface area contributed by atoms with Gasteiger partial charge in [0.1, 0.15) is 11.3 Å². The van der Waals surface area contributed by atoms with Gasteiger partial charge in [0.15, 0.2) is 0 Å². The Kier molecular flexibility index (Phi) is 3.30. The number of hydrogen-bond donors (Lipinski definition) is 1. The molecule has 1 amide bonds. The molecule has 0 radical (unpaired) electrons. The Morgan fingerprint density at radius 3 is 3.00 bits per heavy atom. The van der Waals surface area contributed by atoms with Crippen LogP contribution in [-0.2, 0) is 11.2 Å². The second kappa shape index (κ2) is 5.26. The molecule has 0 spiro atoms. The zero-order chi connectivity index (χ0) is 13.9. The molecule has 3 rings (SSSR count). The zero-order valence-corrected chi connectivity index (χ0v) is 11.3. The normalized spacial score (nSPS) is 10.6. The van der Waals surface area contributed by atoms with E-state index in [-0.39, 0.29) is 23.6 Å². The highest BCUT2D eigenvalue weighted by atomic mass is 32.1. The fourth-order valence-electron chi connectivity index (χ4n) is 1.88. The van der Waals surface area contributed by atoms with Gasteiger partial charge in [-0.2, -0.15) is 0 Å². The molecule has 0 saturated carbocycles. The van der Waals surface area contributed by atoms with Crippen molar-refractivity contribution in [2.75, 3.05) is 5.32 Å². The van der Waals surface area contributed by atoms with Gasteiger partial charge in [0.05, 0.1) is 12.6 Å². The number of rotatable bonds is 3. The van der Waals surface area contributed by atoms with Gasteiger partial charge >= 0.3 is 0 Å². The molecule has 0 saturated heterocycles. The van der Waals surface area contributed by atoms with Crippen molar-refractivity contribution < 1.29 is 4.79 Å². The van der Waals surface area contributed by atoms with Crippen LogP contribution in [0, 0.1) is 0 Å². The van der Waals surface area contributed by atoms with Crippen LogP contribution in [0.2, 0.25) is 0 Å². The molecule has 3 aromatic heterocycles. The first-order valence-electron chi connectivity index (χ1n) is 6.03. The second-order valence-electron chi connectivity index (χ2n) is 4.21. The second-order valence-corrected chi connectivity index (χ2v) is 5.24. The quantitative estimate of drug-likeness (QED) is 0.800. The highest BCUT2D eigenvalue weighted by Gasteiger charge is 2.09. The van der Waals surface area contributed by atoms with Crippen LogP contribution < -0.4 is 10.9 Å². The van der Waals surface area contributed by atoms with E-state index in [0.29, 0.717) is 5.65 Å². The molecule has 0 atom stereocenters. The van der Waals surface area contributed by atoms with Crippen LogP contribution in [0.4, 0.5) is 5.69 Å². The summed E-state index contributed by atoms with van der Waals surface area (Å²) in [4.78, 5) is 29.2. The molecular formula is C14H11N3O2S. The molecule has 6 heteroatoms. The Labute approximate surface area is 118 Å². The topological polar surface area (TPSA) is 63.5 Å². The van der Waals surface area contributed by atoms with E-state index in [1.165, 1.54) is 21.9 Å². The van der Waals surface area contributed by atoms with Crippen LogP contribution in [0.25, 0.3) is 5.65 Å². The summed E-state index contributed by atoms with van der Waals surface area (Å²) in [5.41, 5.74) is 0.458. The Bertz CT molecular complexity index is 809. The van der Waals surface area contributed by atoms with E-state index in [4.69, 9.17) is 0 Å². The van der Waals surface area contributed by atoms with Gasteiger partial charge < -0.3 is 5.32 Å². The molecule has 5 nitrogen and oxygen atoms in total. The Morgan fingerprint density at radius 1 is 1.30 bits per heavy atom. The van der Waals surface area contributed by atoms with Crippen molar-refractivity contribution in [2.24, 2.45) is 0 Å². The van der Waals surface area contributed by atoms with Gasteiger partial charge in [0.25, 0.3) is 5.56 Å². The molecular weight excluding hydrogens is 274 g/mol. The third-order valence-electron chi connectivity index (χ3n) is 2.80. The van der Waals surface area contributed by atoms with E-state index in [1.807, 2.05) is 17.5 Å². The highest BCUT2D eigenvalue weighted by molar-refractivity contribution is 7.10. The number of fused-ring (bicyclic) bond motifs is 1. The molecule has 0 unspecified atom stereocenters. The summed E-state index contributed by atoms with van der Waals surface area (Å²) in [6.07, 6.45) is 3.28. The number of hydrogen-bond acceptors (Lipinski definition) is 4. The van der Waals surface area contributed by atoms with Crippen LogP contribution in [0.3, 0.4) is 0 Å². The van der Waals surface area contributed by atoms with E-state index < -0.39 is 0 Å². The molecule has 0 aliphatic carbocycles. The van der Waals surface area contributed by atoms with E-state index in [2.05, 4.69) is 10.3 Å². The van der Waals surface area contributed by atoms with Crippen LogP contribution in [0.1, 0.15) is 4.88 Å². The van der Waals surface area contributed by atoms with Gasteiger partial charge in [-0.3, -0.25) is 14.0 Å². The minimum absolute atomic E-state index is 0.190. The van der Waals surface area contributed by atoms with Crippen LogP contribution in [-0.4, -0.2) is 15.3 Å². The standard InChI is InChI=1S/C14H11N3O2S/c18-13(8-10-4-3-7-20-10)16-11-9-15-12-5-1-2-6-17(12)14(11)19/h1-7,9H,8H2,(H,16,18). The minimum Gasteiger partial charge on any atom is -0.320 e. The number of pyridine rings is 1.